The van der Waals surface area contributed by atoms with Crippen molar-refractivity contribution in [3.05, 3.63) is 52.1 Å². The molecular weight excluding hydrogens is 287 g/mol. The van der Waals surface area contributed by atoms with Crippen molar-refractivity contribution in [1.82, 2.24) is 9.78 Å². The minimum absolute atomic E-state index is 0.0652. The van der Waals surface area contributed by atoms with Gasteiger partial charge in [-0.3, -0.25) is 4.79 Å². The summed E-state index contributed by atoms with van der Waals surface area (Å²) in [4.78, 5) is 24.2. The summed E-state index contributed by atoms with van der Waals surface area (Å²) in [5.41, 5.74) is 0.503. The van der Waals surface area contributed by atoms with Crippen LogP contribution in [0.2, 0.25) is 0 Å². The van der Waals surface area contributed by atoms with Gasteiger partial charge < -0.3 is 4.74 Å². The van der Waals surface area contributed by atoms with E-state index in [0.29, 0.717) is 24.2 Å². The Balaban J connectivity index is 2.57. The van der Waals surface area contributed by atoms with Crippen molar-refractivity contribution in [3.8, 4) is 11.3 Å². The van der Waals surface area contributed by atoms with Crippen molar-refractivity contribution in [3.63, 3.8) is 0 Å². The van der Waals surface area contributed by atoms with Crippen molar-refractivity contribution in [2.24, 2.45) is 0 Å². The smallest absolute Gasteiger partial charge is 0.343 e. The van der Waals surface area contributed by atoms with Gasteiger partial charge in [0.25, 0.3) is 5.56 Å². The molecule has 0 radical (unpaired) electrons. The Morgan fingerprint density at radius 3 is 2.55 bits per heavy atom. The van der Waals surface area contributed by atoms with Gasteiger partial charge in [0.1, 0.15) is 11.4 Å². The zero-order valence-electron chi connectivity index (χ0n) is 12.5. The van der Waals surface area contributed by atoms with Crippen LogP contribution in [0.3, 0.4) is 0 Å². The fourth-order valence-corrected chi connectivity index (χ4v) is 2.02. The molecule has 2 aromatic rings. The van der Waals surface area contributed by atoms with E-state index in [1.165, 1.54) is 22.9 Å². The van der Waals surface area contributed by atoms with E-state index in [0.717, 1.165) is 0 Å². The van der Waals surface area contributed by atoms with E-state index < -0.39 is 11.5 Å². The van der Waals surface area contributed by atoms with Gasteiger partial charge in [-0.2, -0.15) is 5.10 Å². The lowest BCUT2D eigenvalue weighted by molar-refractivity contribution is 0.0523. The number of benzene rings is 1. The number of hydrogen-bond acceptors (Lipinski definition) is 4. The minimum atomic E-state index is -0.678. The summed E-state index contributed by atoms with van der Waals surface area (Å²) in [7, 11) is 0. The highest BCUT2D eigenvalue weighted by atomic mass is 19.1. The second-order valence-electron chi connectivity index (χ2n) is 4.70. The molecule has 1 aromatic carbocycles. The summed E-state index contributed by atoms with van der Waals surface area (Å²) in [5.74, 6) is -1.04. The number of aromatic nitrogens is 2. The predicted molar refractivity (Wildman–Crippen MR) is 80.1 cm³/mol. The maximum Gasteiger partial charge on any atom is 0.343 e. The number of ether oxygens (including phenoxy) is 1. The van der Waals surface area contributed by atoms with Gasteiger partial charge in [-0.1, -0.05) is 6.92 Å². The van der Waals surface area contributed by atoms with E-state index >= 15 is 0 Å². The normalized spacial score (nSPS) is 10.5. The highest BCUT2D eigenvalue weighted by Crippen LogP contribution is 2.17. The molecule has 1 aromatic heterocycles. The van der Waals surface area contributed by atoms with E-state index in [2.05, 4.69) is 5.10 Å². The molecule has 22 heavy (non-hydrogen) atoms. The number of esters is 1. The topological polar surface area (TPSA) is 61.2 Å². The fraction of sp³-hybridized carbons (Fsp3) is 0.312. The maximum atomic E-state index is 13.0. The number of halogens is 1. The van der Waals surface area contributed by atoms with Gasteiger partial charge in [-0.05, 0) is 43.7 Å². The van der Waals surface area contributed by atoms with Gasteiger partial charge >= 0.3 is 5.97 Å². The van der Waals surface area contributed by atoms with E-state index in [1.54, 1.807) is 19.1 Å². The fourth-order valence-electron chi connectivity index (χ4n) is 2.02. The summed E-state index contributed by atoms with van der Waals surface area (Å²) >= 11 is 0. The third-order valence-electron chi connectivity index (χ3n) is 3.05. The number of rotatable bonds is 5. The second-order valence-corrected chi connectivity index (χ2v) is 4.70. The Hall–Kier alpha value is -2.50. The van der Waals surface area contributed by atoms with Crippen LogP contribution in [0.1, 0.15) is 30.6 Å². The molecule has 0 saturated carbocycles. The quantitative estimate of drug-likeness (QED) is 0.797. The monoisotopic (exact) mass is 304 g/mol. The Bertz CT molecular complexity index is 723. The van der Waals surface area contributed by atoms with Crippen LogP contribution in [-0.4, -0.2) is 22.4 Å². The van der Waals surface area contributed by atoms with Crippen LogP contribution in [0.5, 0.6) is 0 Å². The lowest BCUT2D eigenvalue weighted by Crippen LogP contribution is -2.29. The minimum Gasteiger partial charge on any atom is -0.462 e. The van der Waals surface area contributed by atoms with Crippen LogP contribution in [0.4, 0.5) is 4.39 Å². The van der Waals surface area contributed by atoms with E-state index in [9.17, 15) is 14.0 Å². The van der Waals surface area contributed by atoms with Crippen molar-refractivity contribution in [2.45, 2.75) is 26.8 Å². The van der Waals surface area contributed by atoms with Gasteiger partial charge in [0, 0.05) is 12.1 Å². The predicted octanol–water partition coefficient (Wildman–Crippen LogP) is 2.64. The molecule has 0 fully saturated rings. The van der Waals surface area contributed by atoms with E-state index in [1.807, 2.05) is 6.92 Å². The molecule has 0 aliphatic rings. The number of nitrogens with zero attached hydrogens (tertiary/aromatic N) is 2. The molecule has 0 saturated heterocycles. The van der Waals surface area contributed by atoms with Gasteiger partial charge in [0.15, 0.2) is 0 Å². The third kappa shape index (κ3) is 3.39. The third-order valence-corrected chi connectivity index (χ3v) is 3.05. The van der Waals surface area contributed by atoms with E-state index in [4.69, 9.17) is 4.74 Å². The molecule has 0 aliphatic carbocycles. The Labute approximate surface area is 127 Å². The largest absolute Gasteiger partial charge is 0.462 e. The van der Waals surface area contributed by atoms with Crippen molar-refractivity contribution >= 4 is 5.97 Å². The molecule has 5 nitrogen and oxygen atoms in total. The Morgan fingerprint density at radius 2 is 1.95 bits per heavy atom. The van der Waals surface area contributed by atoms with Crippen LogP contribution >= 0.6 is 0 Å². The average molecular weight is 304 g/mol. The van der Waals surface area contributed by atoms with Gasteiger partial charge in [-0.15, -0.1) is 0 Å². The van der Waals surface area contributed by atoms with Gasteiger partial charge in [-0.25, -0.2) is 13.9 Å². The zero-order valence-corrected chi connectivity index (χ0v) is 12.5. The highest BCUT2D eigenvalue weighted by molar-refractivity contribution is 5.90. The first-order valence-electron chi connectivity index (χ1n) is 7.12. The van der Waals surface area contributed by atoms with Crippen molar-refractivity contribution in [1.29, 1.82) is 0 Å². The van der Waals surface area contributed by atoms with Crippen LogP contribution in [0.25, 0.3) is 11.3 Å². The lowest BCUT2D eigenvalue weighted by Gasteiger charge is -2.09. The number of hydrogen-bond donors (Lipinski definition) is 0. The first kappa shape index (κ1) is 15.9. The van der Waals surface area contributed by atoms with Crippen molar-refractivity contribution < 1.29 is 13.9 Å². The molecule has 0 bridgehead atoms. The van der Waals surface area contributed by atoms with Gasteiger partial charge in [0.05, 0.1) is 12.3 Å². The first-order valence-corrected chi connectivity index (χ1v) is 7.12. The SMILES string of the molecule is CCCn1nc(-c2ccc(F)cc2)cc(C(=O)OCC)c1=O. The zero-order chi connectivity index (χ0) is 16.1. The molecule has 0 atom stereocenters. The summed E-state index contributed by atoms with van der Waals surface area (Å²) in [5, 5.41) is 4.24. The second kappa shape index (κ2) is 6.98. The molecule has 6 heteroatoms. The molecular formula is C16H17FN2O3. The lowest BCUT2D eigenvalue weighted by atomic mass is 10.1. The van der Waals surface area contributed by atoms with E-state index in [-0.39, 0.29) is 18.0 Å². The standard InChI is InChI=1S/C16H17FN2O3/c1-3-9-19-15(20)13(16(21)22-4-2)10-14(18-19)11-5-7-12(17)8-6-11/h5-8,10H,3-4,9H2,1-2H3. The van der Waals surface area contributed by atoms with Crippen molar-refractivity contribution in [2.75, 3.05) is 6.61 Å². The Morgan fingerprint density at radius 1 is 1.27 bits per heavy atom. The summed E-state index contributed by atoms with van der Waals surface area (Å²) in [6.07, 6.45) is 0.696. The first-order chi connectivity index (χ1) is 10.6. The average Bonchev–Trinajstić information content (AvgIpc) is 2.50. The summed E-state index contributed by atoms with van der Waals surface area (Å²) < 4.78 is 19.2. The molecule has 116 valence electrons. The molecule has 2 rings (SSSR count). The van der Waals surface area contributed by atoms with Gasteiger partial charge in [0.2, 0.25) is 0 Å². The summed E-state index contributed by atoms with van der Waals surface area (Å²) in [6, 6.07) is 7.09. The summed E-state index contributed by atoms with van der Waals surface area (Å²) in [6.45, 7) is 4.15. The Kier molecular flexibility index (Phi) is 5.04. The molecule has 0 spiro atoms. The number of aryl methyl sites for hydroxylation is 1. The maximum absolute atomic E-state index is 13.0. The molecule has 0 unspecified atom stereocenters. The molecule has 0 N–H and O–H groups in total. The van der Waals surface area contributed by atoms with Crippen LogP contribution < -0.4 is 5.56 Å². The highest BCUT2D eigenvalue weighted by Gasteiger charge is 2.17. The van der Waals surface area contributed by atoms with Crippen LogP contribution in [-0.2, 0) is 11.3 Å². The van der Waals surface area contributed by atoms with Crippen LogP contribution in [0.15, 0.2) is 35.1 Å². The van der Waals surface area contributed by atoms with Crippen LogP contribution in [0, 0.1) is 5.82 Å². The number of carbonyl (C=O) groups excluding carboxylic acids is 1. The number of carbonyl (C=O) groups is 1. The molecule has 0 amide bonds. The molecule has 0 aliphatic heterocycles. The molecule has 1 heterocycles.